The van der Waals surface area contributed by atoms with Gasteiger partial charge >= 0.3 is 0 Å². The molecule has 0 amide bonds. The van der Waals surface area contributed by atoms with Crippen molar-refractivity contribution in [2.24, 2.45) is 0 Å². The van der Waals surface area contributed by atoms with Gasteiger partial charge in [0.2, 0.25) is 11.6 Å². The number of carbonyl (C=O) groups excluding carboxylic acids is 2. The van der Waals surface area contributed by atoms with Crippen LogP contribution in [-0.4, -0.2) is 31.5 Å². The fourth-order valence-electron chi connectivity index (χ4n) is 4.96. The molecule has 0 fully saturated rings. The van der Waals surface area contributed by atoms with Gasteiger partial charge in [0.1, 0.15) is 46.0 Å². The largest absolute Gasteiger partial charge is 0.285 e. The number of fused-ring (bicyclic) bond motifs is 2. The Kier molecular flexibility index (Phi) is 6.39. The van der Waals surface area contributed by atoms with Crippen LogP contribution in [0.25, 0.3) is 45.0 Å². The third-order valence-corrected chi connectivity index (χ3v) is 7.12. The van der Waals surface area contributed by atoms with Crippen LogP contribution >= 0.6 is 0 Å². The van der Waals surface area contributed by atoms with Crippen LogP contribution in [0.3, 0.4) is 0 Å². The van der Waals surface area contributed by atoms with Crippen molar-refractivity contribution in [1.82, 2.24) is 19.9 Å². The van der Waals surface area contributed by atoms with E-state index in [0.717, 1.165) is 0 Å². The van der Waals surface area contributed by atoms with Crippen LogP contribution in [0.5, 0.6) is 0 Å². The molecule has 0 atom stereocenters. The third-order valence-electron chi connectivity index (χ3n) is 7.12. The Balaban J connectivity index is 1.46. The summed E-state index contributed by atoms with van der Waals surface area (Å²) in [7, 11) is 0. The highest BCUT2D eigenvalue weighted by molar-refractivity contribution is 6.26. The molecule has 0 unspecified atom stereocenters. The maximum absolute atomic E-state index is 13.9. The molecule has 2 heterocycles. The van der Waals surface area contributed by atoms with E-state index < -0.39 is 34.8 Å². The first-order chi connectivity index (χ1) is 21.3. The average Bonchev–Trinajstić information content (AvgIpc) is 3.04. The van der Waals surface area contributed by atoms with Crippen molar-refractivity contribution in [2.45, 2.75) is 0 Å². The number of ketones is 2. The Labute approximate surface area is 246 Å². The van der Waals surface area contributed by atoms with E-state index in [2.05, 4.69) is 19.9 Å². The van der Waals surface area contributed by atoms with Gasteiger partial charge in [0.05, 0.1) is 22.8 Å². The number of hydrogen-bond donors (Lipinski definition) is 0. The minimum Gasteiger partial charge on any atom is -0.285 e. The lowest BCUT2D eigenvalue weighted by Crippen LogP contribution is -2.27. The highest BCUT2D eigenvalue weighted by Gasteiger charge is 2.38. The van der Waals surface area contributed by atoms with Crippen LogP contribution in [-0.2, 0) is 0 Å². The highest BCUT2D eigenvalue weighted by atomic mass is 19.1. The molecule has 44 heavy (non-hydrogen) atoms. The monoisotopic (exact) mass is 588 g/mol. The summed E-state index contributed by atoms with van der Waals surface area (Å²) in [5.74, 6) is -3.46. The number of aromatic nitrogens is 4. The lowest BCUT2D eigenvalue weighted by Gasteiger charge is -2.20. The quantitative estimate of drug-likeness (QED) is 0.201. The van der Waals surface area contributed by atoms with E-state index in [1.54, 1.807) is 0 Å². The molecule has 1 aliphatic carbocycles. The third kappa shape index (κ3) is 4.62. The second-order valence-electron chi connectivity index (χ2n) is 9.92. The van der Waals surface area contributed by atoms with Crippen LogP contribution in [0, 0.1) is 23.3 Å². The van der Waals surface area contributed by atoms with Crippen molar-refractivity contribution >= 4 is 11.6 Å². The fraction of sp³-hybridized carbons (Fsp3) is 0. The van der Waals surface area contributed by atoms with Gasteiger partial charge in [0, 0.05) is 22.3 Å². The van der Waals surface area contributed by atoms with Crippen molar-refractivity contribution in [3.63, 3.8) is 0 Å². The molecule has 0 spiro atoms. The summed E-state index contributed by atoms with van der Waals surface area (Å²) in [6, 6.07) is 21.3. The first kappa shape index (κ1) is 27.0. The Bertz CT molecular complexity index is 1810. The molecule has 0 saturated carbocycles. The van der Waals surface area contributed by atoms with Crippen molar-refractivity contribution in [2.75, 3.05) is 0 Å². The predicted octanol–water partition coefficient (Wildman–Crippen LogP) is 7.27. The van der Waals surface area contributed by atoms with Crippen molar-refractivity contribution in [3.05, 3.63) is 143 Å². The molecule has 7 rings (SSSR count). The molecule has 0 aliphatic heterocycles. The van der Waals surface area contributed by atoms with E-state index in [0.29, 0.717) is 22.3 Å². The zero-order chi connectivity index (χ0) is 30.5. The molecule has 212 valence electrons. The van der Waals surface area contributed by atoms with E-state index in [-0.39, 0.29) is 45.6 Å². The summed E-state index contributed by atoms with van der Waals surface area (Å²) < 4.78 is 55.1. The van der Waals surface area contributed by atoms with E-state index >= 15 is 0 Å². The smallest absolute Gasteiger partial charge is 0.234 e. The van der Waals surface area contributed by atoms with Gasteiger partial charge in [-0.1, -0.05) is 0 Å². The van der Waals surface area contributed by atoms with Gasteiger partial charge in [-0.25, -0.2) is 37.5 Å². The summed E-state index contributed by atoms with van der Waals surface area (Å²) in [5.41, 5.74) is 1.09. The highest BCUT2D eigenvalue weighted by Crippen LogP contribution is 2.36. The van der Waals surface area contributed by atoms with Crippen molar-refractivity contribution < 1.29 is 27.2 Å². The summed E-state index contributed by atoms with van der Waals surface area (Å²) in [5, 5.41) is 0. The number of nitrogens with zero attached hydrogens (tertiary/aromatic N) is 4. The predicted molar refractivity (Wildman–Crippen MR) is 153 cm³/mol. The lowest BCUT2D eigenvalue weighted by molar-refractivity contribution is 0.0964. The maximum atomic E-state index is 13.9. The Morgan fingerprint density at radius 2 is 0.477 bits per heavy atom. The van der Waals surface area contributed by atoms with E-state index in [1.807, 2.05) is 0 Å². The molecule has 10 heteroatoms. The topological polar surface area (TPSA) is 85.7 Å². The Morgan fingerprint density at radius 1 is 0.295 bits per heavy atom. The average molecular weight is 589 g/mol. The summed E-state index contributed by atoms with van der Waals surface area (Å²) in [6.45, 7) is 0. The van der Waals surface area contributed by atoms with Gasteiger partial charge in [0.15, 0.2) is 0 Å². The molecular formula is C34H16F4N4O2. The van der Waals surface area contributed by atoms with Gasteiger partial charge in [-0.15, -0.1) is 0 Å². The minimum absolute atomic E-state index is 0.162. The molecule has 6 nitrogen and oxygen atoms in total. The normalized spacial score (nSPS) is 12.2. The number of rotatable bonds is 4. The molecule has 1 aliphatic rings. The Morgan fingerprint density at radius 3 is 0.659 bits per heavy atom. The SMILES string of the molecule is O=C1c2nc(-c3ccc(F)cc3)c(-c3ccc(F)cc3)nc2C(=O)c2nc(-c3ccc(F)cc3)c(-c3ccc(F)cc3)nc21. The number of carbonyl (C=O) groups is 2. The second-order valence-corrected chi connectivity index (χ2v) is 9.92. The van der Waals surface area contributed by atoms with Gasteiger partial charge in [0.25, 0.3) is 0 Å². The lowest BCUT2D eigenvalue weighted by atomic mass is 9.94. The van der Waals surface area contributed by atoms with Gasteiger partial charge in [-0.3, -0.25) is 9.59 Å². The van der Waals surface area contributed by atoms with Crippen LogP contribution in [0.2, 0.25) is 0 Å². The zero-order valence-corrected chi connectivity index (χ0v) is 22.4. The molecule has 2 aromatic heterocycles. The van der Waals surface area contributed by atoms with Crippen LogP contribution in [0.1, 0.15) is 32.4 Å². The van der Waals surface area contributed by atoms with Crippen LogP contribution in [0.15, 0.2) is 97.1 Å². The minimum atomic E-state index is -0.738. The fourth-order valence-corrected chi connectivity index (χ4v) is 4.96. The summed E-state index contributed by atoms with van der Waals surface area (Å²) in [6.07, 6.45) is 0. The zero-order valence-electron chi connectivity index (χ0n) is 22.4. The van der Waals surface area contributed by atoms with Crippen LogP contribution < -0.4 is 0 Å². The summed E-state index contributed by atoms with van der Waals surface area (Å²) in [4.78, 5) is 46.0. The molecule has 4 aromatic carbocycles. The van der Waals surface area contributed by atoms with Gasteiger partial charge in [-0.2, -0.15) is 0 Å². The molecular weight excluding hydrogens is 572 g/mol. The van der Waals surface area contributed by atoms with Gasteiger partial charge in [-0.05, 0) is 97.1 Å². The Hall–Kier alpha value is -5.90. The molecule has 6 aromatic rings. The first-order valence-electron chi connectivity index (χ1n) is 13.2. The summed E-state index contributed by atoms with van der Waals surface area (Å²) >= 11 is 0. The molecule has 0 radical (unpaired) electrons. The first-order valence-corrected chi connectivity index (χ1v) is 13.2. The standard InChI is InChI=1S/C34H16F4N4O2/c35-21-9-1-17(2-10-21)25-26(18-3-11-22(36)12-4-18)40-30-29(39-25)33(43)31-32(34(30)44)42-28(20-7-15-24(38)16-8-20)27(41-31)19-5-13-23(37)14-6-19/h1-16H. The maximum Gasteiger partial charge on any atom is 0.234 e. The number of benzene rings is 4. The molecule has 0 bridgehead atoms. The number of hydrogen-bond acceptors (Lipinski definition) is 6. The van der Waals surface area contributed by atoms with Crippen molar-refractivity contribution in [3.8, 4) is 45.0 Å². The second kappa shape index (κ2) is 10.4. The molecule has 0 N–H and O–H groups in total. The van der Waals surface area contributed by atoms with Crippen LogP contribution in [0.4, 0.5) is 17.6 Å². The number of halogens is 4. The van der Waals surface area contributed by atoms with Gasteiger partial charge < -0.3 is 0 Å². The van der Waals surface area contributed by atoms with E-state index in [9.17, 15) is 27.2 Å². The molecule has 0 saturated heterocycles. The van der Waals surface area contributed by atoms with E-state index in [1.165, 1.54) is 97.1 Å². The van der Waals surface area contributed by atoms with Crippen molar-refractivity contribution in [1.29, 1.82) is 0 Å². The van der Waals surface area contributed by atoms with E-state index in [4.69, 9.17) is 0 Å².